The van der Waals surface area contributed by atoms with Gasteiger partial charge in [-0.05, 0) is 54.5 Å². The van der Waals surface area contributed by atoms with E-state index in [1.807, 2.05) is 26.0 Å². The van der Waals surface area contributed by atoms with Crippen LogP contribution < -0.4 is 5.32 Å². The summed E-state index contributed by atoms with van der Waals surface area (Å²) < 4.78 is 13.5. The molecule has 0 aliphatic carbocycles. The summed E-state index contributed by atoms with van der Waals surface area (Å²) in [4.78, 5) is 1.28. The predicted octanol–water partition coefficient (Wildman–Crippen LogP) is 4.45. The Morgan fingerprint density at radius 2 is 1.50 bits per heavy atom. The highest BCUT2D eigenvalue weighted by atomic mass is 32.2. The predicted molar refractivity (Wildman–Crippen MR) is 84.6 cm³/mol. The topological polar surface area (TPSA) is 12.0 Å². The maximum Gasteiger partial charge on any atom is 0.129 e. The number of hydrogen-bond donors (Lipinski definition) is 1. The molecular weight excluding hydrogens is 269 g/mol. The van der Waals surface area contributed by atoms with Crippen molar-refractivity contribution in [2.24, 2.45) is 0 Å². The Balaban J connectivity index is 1.92. The fourth-order valence-corrected chi connectivity index (χ4v) is 2.64. The fourth-order valence-electron chi connectivity index (χ4n) is 2.23. The van der Waals surface area contributed by atoms with Crippen LogP contribution in [0.15, 0.2) is 41.3 Å². The molecule has 0 saturated carbocycles. The van der Waals surface area contributed by atoms with Crippen LogP contribution in [-0.4, -0.2) is 6.26 Å². The minimum Gasteiger partial charge on any atom is -0.309 e. The average Bonchev–Trinajstić information content (AvgIpc) is 2.45. The van der Waals surface area contributed by atoms with Crippen molar-refractivity contribution < 1.29 is 4.39 Å². The molecule has 0 aromatic heterocycles. The maximum absolute atomic E-state index is 13.5. The quantitative estimate of drug-likeness (QED) is 0.816. The molecule has 0 aliphatic rings. The molecule has 0 spiro atoms. The minimum absolute atomic E-state index is 0.0959. The maximum atomic E-state index is 13.5. The number of benzene rings is 2. The van der Waals surface area contributed by atoms with Gasteiger partial charge in [0.05, 0.1) is 0 Å². The first-order valence-corrected chi connectivity index (χ1v) is 7.92. The number of thioether (sulfide) groups is 1. The Morgan fingerprint density at radius 3 is 2.05 bits per heavy atom. The van der Waals surface area contributed by atoms with Crippen LogP contribution in [0.25, 0.3) is 0 Å². The van der Waals surface area contributed by atoms with Gasteiger partial charge in [-0.15, -0.1) is 11.8 Å². The van der Waals surface area contributed by atoms with Crippen molar-refractivity contribution in [1.82, 2.24) is 5.32 Å². The van der Waals surface area contributed by atoms with Crippen LogP contribution in [0.5, 0.6) is 0 Å². The lowest BCUT2D eigenvalue weighted by Crippen LogP contribution is -2.13. The Kier molecular flexibility index (Phi) is 5.21. The van der Waals surface area contributed by atoms with Crippen LogP contribution in [0.1, 0.15) is 22.3 Å². The van der Waals surface area contributed by atoms with E-state index >= 15 is 0 Å². The molecule has 0 heterocycles. The van der Waals surface area contributed by atoms with E-state index < -0.39 is 0 Å². The lowest BCUT2D eigenvalue weighted by Gasteiger charge is -2.09. The van der Waals surface area contributed by atoms with E-state index in [1.165, 1.54) is 10.5 Å². The molecule has 106 valence electrons. The highest BCUT2D eigenvalue weighted by Gasteiger charge is 2.04. The van der Waals surface area contributed by atoms with Crippen molar-refractivity contribution in [1.29, 1.82) is 0 Å². The van der Waals surface area contributed by atoms with Gasteiger partial charge in [-0.3, -0.25) is 0 Å². The molecule has 0 bridgehead atoms. The Morgan fingerprint density at radius 1 is 0.950 bits per heavy atom. The van der Waals surface area contributed by atoms with Gasteiger partial charge >= 0.3 is 0 Å². The van der Waals surface area contributed by atoms with Crippen LogP contribution in [-0.2, 0) is 13.1 Å². The van der Waals surface area contributed by atoms with Gasteiger partial charge < -0.3 is 5.32 Å². The van der Waals surface area contributed by atoms with E-state index in [9.17, 15) is 4.39 Å². The van der Waals surface area contributed by atoms with Gasteiger partial charge in [-0.25, -0.2) is 4.39 Å². The van der Waals surface area contributed by atoms with Crippen LogP contribution in [0, 0.1) is 19.7 Å². The Bertz CT molecular complexity index is 555. The molecule has 2 rings (SSSR count). The van der Waals surface area contributed by atoms with Crippen molar-refractivity contribution in [2.75, 3.05) is 6.26 Å². The van der Waals surface area contributed by atoms with Crippen molar-refractivity contribution in [3.63, 3.8) is 0 Å². The second-order valence-electron chi connectivity index (χ2n) is 5.00. The van der Waals surface area contributed by atoms with Crippen LogP contribution in [0.3, 0.4) is 0 Å². The third kappa shape index (κ3) is 3.84. The first-order chi connectivity index (χ1) is 9.60. The Labute approximate surface area is 124 Å². The van der Waals surface area contributed by atoms with Crippen LogP contribution >= 0.6 is 11.8 Å². The van der Waals surface area contributed by atoms with Crippen LogP contribution in [0.2, 0.25) is 0 Å². The van der Waals surface area contributed by atoms with Gasteiger partial charge in [0.25, 0.3) is 0 Å². The second-order valence-corrected chi connectivity index (χ2v) is 5.87. The monoisotopic (exact) mass is 289 g/mol. The Hall–Kier alpha value is -1.32. The molecule has 0 radical (unpaired) electrons. The summed E-state index contributed by atoms with van der Waals surface area (Å²) in [6.45, 7) is 5.20. The molecule has 2 aromatic rings. The third-order valence-electron chi connectivity index (χ3n) is 3.31. The summed E-state index contributed by atoms with van der Waals surface area (Å²) in [5.41, 5.74) is 3.82. The smallest absolute Gasteiger partial charge is 0.129 e. The SMILES string of the molecule is CSc1ccc(CNCc2cc(C)c(F)c(C)c2)cc1. The zero-order valence-electron chi connectivity index (χ0n) is 12.2. The van der Waals surface area contributed by atoms with Gasteiger partial charge in [0.2, 0.25) is 0 Å². The number of hydrogen-bond acceptors (Lipinski definition) is 2. The lowest BCUT2D eigenvalue weighted by atomic mass is 10.1. The zero-order valence-corrected chi connectivity index (χ0v) is 13.0. The first-order valence-electron chi connectivity index (χ1n) is 6.69. The summed E-state index contributed by atoms with van der Waals surface area (Å²) in [5.74, 6) is -0.0959. The normalized spacial score (nSPS) is 10.8. The van der Waals surface area contributed by atoms with Crippen LogP contribution in [0.4, 0.5) is 4.39 Å². The van der Waals surface area contributed by atoms with Gasteiger partial charge in [-0.1, -0.05) is 24.3 Å². The molecule has 0 unspecified atom stereocenters. The van der Waals surface area contributed by atoms with Crippen molar-refractivity contribution >= 4 is 11.8 Å². The fraction of sp³-hybridized carbons (Fsp3) is 0.294. The van der Waals surface area contributed by atoms with E-state index in [0.717, 1.165) is 18.7 Å². The van der Waals surface area contributed by atoms with Crippen molar-refractivity contribution in [3.05, 3.63) is 64.5 Å². The molecule has 0 aliphatic heterocycles. The molecule has 3 heteroatoms. The van der Waals surface area contributed by atoms with Gasteiger partial charge in [0.15, 0.2) is 0 Å². The number of rotatable bonds is 5. The molecule has 0 atom stereocenters. The van der Waals surface area contributed by atoms with Gasteiger partial charge in [0, 0.05) is 18.0 Å². The molecule has 1 nitrogen and oxygen atoms in total. The second kappa shape index (κ2) is 6.91. The molecule has 1 N–H and O–H groups in total. The summed E-state index contributed by atoms with van der Waals surface area (Å²) in [7, 11) is 0. The summed E-state index contributed by atoms with van der Waals surface area (Å²) >= 11 is 1.75. The van der Waals surface area contributed by atoms with Crippen molar-refractivity contribution in [2.45, 2.75) is 31.8 Å². The minimum atomic E-state index is -0.0959. The molecule has 2 aromatic carbocycles. The summed E-state index contributed by atoms with van der Waals surface area (Å²) in [6, 6.07) is 12.4. The average molecular weight is 289 g/mol. The van der Waals surface area contributed by atoms with E-state index in [0.29, 0.717) is 11.1 Å². The third-order valence-corrected chi connectivity index (χ3v) is 4.06. The molecule has 0 saturated heterocycles. The first kappa shape index (κ1) is 15.1. The van der Waals surface area contributed by atoms with Gasteiger partial charge in [0.1, 0.15) is 5.82 Å². The van der Waals surface area contributed by atoms with E-state index in [-0.39, 0.29) is 5.82 Å². The lowest BCUT2D eigenvalue weighted by molar-refractivity contribution is 0.606. The molecule has 20 heavy (non-hydrogen) atoms. The molecular formula is C17H20FNS. The van der Waals surface area contributed by atoms with Gasteiger partial charge in [-0.2, -0.15) is 0 Å². The largest absolute Gasteiger partial charge is 0.309 e. The highest BCUT2D eigenvalue weighted by Crippen LogP contribution is 2.16. The standard InChI is InChI=1S/C17H20FNS/c1-12-8-15(9-13(2)17(12)18)11-19-10-14-4-6-16(20-3)7-5-14/h4-9,19H,10-11H2,1-3H3. The molecule has 0 amide bonds. The van der Waals surface area contributed by atoms with Crippen molar-refractivity contribution in [3.8, 4) is 0 Å². The number of nitrogens with one attached hydrogen (secondary N) is 1. The zero-order chi connectivity index (χ0) is 14.5. The number of halogens is 1. The van der Waals surface area contributed by atoms with E-state index in [4.69, 9.17) is 0 Å². The molecule has 0 fully saturated rings. The highest BCUT2D eigenvalue weighted by molar-refractivity contribution is 7.98. The van der Waals surface area contributed by atoms with E-state index in [1.54, 1.807) is 11.8 Å². The summed E-state index contributed by atoms with van der Waals surface area (Å²) in [5, 5.41) is 3.40. The summed E-state index contributed by atoms with van der Waals surface area (Å²) in [6.07, 6.45) is 2.08. The van der Waals surface area contributed by atoms with E-state index in [2.05, 4.69) is 35.8 Å². The number of aryl methyl sites for hydroxylation is 2.